The summed E-state index contributed by atoms with van der Waals surface area (Å²) < 4.78 is 5.20. The molecule has 0 radical (unpaired) electrons. The van der Waals surface area contributed by atoms with Crippen LogP contribution in [0.3, 0.4) is 0 Å². The van der Waals surface area contributed by atoms with Crippen molar-refractivity contribution in [1.82, 2.24) is 4.90 Å². The summed E-state index contributed by atoms with van der Waals surface area (Å²) in [4.78, 5) is 13.1. The first-order valence-electron chi connectivity index (χ1n) is 5.73. The normalized spacial score (nSPS) is 12.5. The predicted molar refractivity (Wildman–Crippen MR) is 69.8 cm³/mol. The molecule has 0 fully saturated rings. The van der Waals surface area contributed by atoms with Crippen molar-refractivity contribution in [2.45, 2.75) is 12.5 Å². The van der Waals surface area contributed by atoms with Crippen LogP contribution in [-0.2, 0) is 11.3 Å². The fraction of sp³-hybridized carbons (Fsp3) is 0.462. The molecule has 1 rings (SSSR count). The van der Waals surface area contributed by atoms with E-state index in [1.165, 1.54) is 0 Å². The Kier molecular flexibility index (Phi) is 5.12. The summed E-state index contributed by atoms with van der Waals surface area (Å²) >= 11 is 0. The summed E-state index contributed by atoms with van der Waals surface area (Å²) in [7, 11) is 5.48. The van der Waals surface area contributed by atoms with Crippen LogP contribution in [0.25, 0.3) is 0 Å². The second kappa shape index (κ2) is 6.37. The first-order chi connectivity index (χ1) is 8.47. The molecule has 5 heteroatoms. The number of hydrogen-bond donors (Lipinski definition) is 2. The van der Waals surface area contributed by atoms with Crippen molar-refractivity contribution < 1.29 is 14.6 Å². The van der Waals surface area contributed by atoms with E-state index in [0.29, 0.717) is 11.3 Å². The van der Waals surface area contributed by atoms with Crippen LogP contribution in [0.1, 0.15) is 17.0 Å². The molecule has 1 unspecified atom stereocenters. The molecule has 0 bridgehead atoms. The van der Waals surface area contributed by atoms with Crippen molar-refractivity contribution in [2.75, 3.05) is 27.7 Å². The molecule has 3 N–H and O–H groups in total. The minimum Gasteiger partial charge on any atom is -0.497 e. The van der Waals surface area contributed by atoms with Gasteiger partial charge in [-0.15, -0.1) is 0 Å². The van der Waals surface area contributed by atoms with Crippen LogP contribution in [0.5, 0.6) is 5.75 Å². The maximum atomic E-state index is 11.1. The van der Waals surface area contributed by atoms with Crippen molar-refractivity contribution in [3.8, 4) is 5.75 Å². The van der Waals surface area contributed by atoms with E-state index in [9.17, 15) is 4.79 Å². The lowest BCUT2D eigenvalue weighted by atomic mass is 9.97. The highest BCUT2D eigenvalue weighted by Crippen LogP contribution is 2.24. The number of nitrogens with zero attached hydrogens (tertiary/aromatic N) is 1. The Bertz CT molecular complexity index is 419. The monoisotopic (exact) mass is 252 g/mol. The van der Waals surface area contributed by atoms with Crippen LogP contribution in [0.15, 0.2) is 18.2 Å². The van der Waals surface area contributed by atoms with E-state index in [1.54, 1.807) is 13.2 Å². The van der Waals surface area contributed by atoms with Crippen molar-refractivity contribution in [1.29, 1.82) is 0 Å². The van der Waals surface area contributed by atoms with E-state index in [0.717, 1.165) is 12.1 Å². The number of carboxylic acids is 1. The second-order valence-electron chi connectivity index (χ2n) is 4.48. The fourth-order valence-electron chi connectivity index (χ4n) is 1.84. The third kappa shape index (κ3) is 3.72. The van der Waals surface area contributed by atoms with Gasteiger partial charge in [0.2, 0.25) is 0 Å². The smallest absolute Gasteiger partial charge is 0.312 e. The lowest BCUT2D eigenvalue weighted by molar-refractivity contribution is -0.138. The minimum atomic E-state index is -0.915. The zero-order chi connectivity index (χ0) is 13.7. The van der Waals surface area contributed by atoms with Crippen LogP contribution in [0.4, 0.5) is 0 Å². The number of methoxy groups -OCH3 is 1. The molecule has 0 aliphatic rings. The van der Waals surface area contributed by atoms with Gasteiger partial charge in [0.15, 0.2) is 0 Å². The third-order valence-electron chi connectivity index (χ3n) is 2.66. The first kappa shape index (κ1) is 14.5. The quantitative estimate of drug-likeness (QED) is 0.786. The Balaban J connectivity index is 3.13. The lowest BCUT2D eigenvalue weighted by Gasteiger charge is -2.16. The maximum Gasteiger partial charge on any atom is 0.312 e. The van der Waals surface area contributed by atoms with Crippen molar-refractivity contribution in [2.24, 2.45) is 5.73 Å². The van der Waals surface area contributed by atoms with Gasteiger partial charge in [0.25, 0.3) is 0 Å². The number of rotatable bonds is 6. The van der Waals surface area contributed by atoms with Crippen LogP contribution in [0, 0.1) is 0 Å². The summed E-state index contributed by atoms with van der Waals surface area (Å²) in [5.41, 5.74) is 7.21. The Morgan fingerprint density at radius 2 is 2.11 bits per heavy atom. The molecule has 100 valence electrons. The topological polar surface area (TPSA) is 75.8 Å². The molecule has 1 atom stereocenters. The zero-order valence-electron chi connectivity index (χ0n) is 11.0. The number of aliphatic carboxylic acids is 1. The molecule has 0 spiro atoms. The number of hydrogen-bond acceptors (Lipinski definition) is 4. The molecule has 0 aliphatic carbocycles. The number of carbonyl (C=O) groups is 1. The maximum absolute atomic E-state index is 11.1. The molecule has 1 aromatic carbocycles. The van der Waals surface area contributed by atoms with Gasteiger partial charge in [-0.1, -0.05) is 6.07 Å². The molecule has 0 aromatic heterocycles. The van der Waals surface area contributed by atoms with Crippen LogP contribution < -0.4 is 10.5 Å². The molecule has 18 heavy (non-hydrogen) atoms. The first-order valence-corrected chi connectivity index (χ1v) is 5.73. The fourth-order valence-corrected chi connectivity index (χ4v) is 1.84. The summed E-state index contributed by atoms with van der Waals surface area (Å²) in [6.07, 6.45) is 0. The summed E-state index contributed by atoms with van der Waals surface area (Å²) in [6, 6.07) is 5.50. The molecular weight excluding hydrogens is 232 g/mol. The minimum absolute atomic E-state index is 0.0733. The van der Waals surface area contributed by atoms with E-state index in [4.69, 9.17) is 15.6 Å². The van der Waals surface area contributed by atoms with Crippen LogP contribution in [-0.4, -0.2) is 43.7 Å². The number of benzene rings is 1. The molecule has 0 aliphatic heterocycles. The van der Waals surface area contributed by atoms with E-state index < -0.39 is 11.9 Å². The number of carboxylic acid groups (broad SMARTS) is 1. The van der Waals surface area contributed by atoms with E-state index in [1.807, 2.05) is 31.1 Å². The Morgan fingerprint density at radius 3 is 2.56 bits per heavy atom. The Morgan fingerprint density at radius 1 is 1.44 bits per heavy atom. The average molecular weight is 252 g/mol. The summed E-state index contributed by atoms with van der Waals surface area (Å²) in [5.74, 6) is -0.952. The van der Waals surface area contributed by atoms with Gasteiger partial charge in [0, 0.05) is 13.1 Å². The number of nitrogens with two attached hydrogens (primary N) is 1. The highest BCUT2D eigenvalue weighted by Gasteiger charge is 2.19. The third-order valence-corrected chi connectivity index (χ3v) is 2.66. The van der Waals surface area contributed by atoms with Gasteiger partial charge in [-0.25, -0.2) is 0 Å². The van der Waals surface area contributed by atoms with Crippen LogP contribution in [0.2, 0.25) is 0 Å². The second-order valence-corrected chi connectivity index (χ2v) is 4.48. The average Bonchev–Trinajstić information content (AvgIpc) is 2.28. The predicted octanol–water partition coefficient (Wildman–Crippen LogP) is 0.884. The molecule has 0 amide bonds. The Labute approximate surface area is 107 Å². The zero-order valence-corrected chi connectivity index (χ0v) is 11.0. The molecule has 5 nitrogen and oxygen atoms in total. The SMILES string of the molecule is COc1cc(CN(C)C)cc(C(CN)C(=O)O)c1. The van der Waals surface area contributed by atoms with Gasteiger partial charge < -0.3 is 20.5 Å². The highest BCUT2D eigenvalue weighted by molar-refractivity contribution is 5.76. The van der Waals surface area contributed by atoms with E-state index in [-0.39, 0.29) is 6.54 Å². The standard InChI is InChI=1S/C13H20N2O3/c1-15(2)8-9-4-10(6-11(5-9)18-3)12(7-14)13(16)17/h4-6,12H,7-8,14H2,1-3H3,(H,16,17). The number of ether oxygens (including phenoxy) is 1. The van der Waals surface area contributed by atoms with E-state index >= 15 is 0 Å². The van der Waals surface area contributed by atoms with Gasteiger partial charge in [0.1, 0.15) is 5.75 Å². The molecule has 0 saturated carbocycles. The van der Waals surface area contributed by atoms with Gasteiger partial charge in [-0.3, -0.25) is 4.79 Å². The summed E-state index contributed by atoms with van der Waals surface area (Å²) in [5, 5.41) is 9.13. The molecule has 0 heterocycles. The molecule has 0 saturated heterocycles. The van der Waals surface area contributed by atoms with Gasteiger partial charge in [-0.2, -0.15) is 0 Å². The lowest BCUT2D eigenvalue weighted by Crippen LogP contribution is -2.21. The molecular formula is C13H20N2O3. The van der Waals surface area contributed by atoms with Crippen molar-refractivity contribution >= 4 is 5.97 Å². The van der Waals surface area contributed by atoms with Gasteiger partial charge in [0.05, 0.1) is 13.0 Å². The largest absolute Gasteiger partial charge is 0.497 e. The summed E-state index contributed by atoms with van der Waals surface area (Å²) in [6.45, 7) is 0.797. The molecule has 1 aromatic rings. The van der Waals surface area contributed by atoms with Gasteiger partial charge in [-0.05, 0) is 37.4 Å². The van der Waals surface area contributed by atoms with Crippen LogP contribution >= 0.6 is 0 Å². The highest BCUT2D eigenvalue weighted by atomic mass is 16.5. The van der Waals surface area contributed by atoms with Crippen molar-refractivity contribution in [3.63, 3.8) is 0 Å². The van der Waals surface area contributed by atoms with Crippen molar-refractivity contribution in [3.05, 3.63) is 29.3 Å². The van der Waals surface area contributed by atoms with E-state index in [2.05, 4.69) is 0 Å². The van der Waals surface area contributed by atoms with Gasteiger partial charge >= 0.3 is 5.97 Å². The Hall–Kier alpha value is -1.59.